The Morgan fingerprint density at radius 2 is 2.30 bits per heavy atom. The van der Waals surface area contributed by atoms with Crippen LogP contribution in [-0.2, 0) is 4.79 Å². The third kappa shape index (κ3) is 2.91. The Bertz CT molecular complexity index is 520. The van der Waals surface area contributed by atoms with E-state index < -0.39 is 0 Å². The van der Waals surface area contributed by atoms with Crippen LogP contribution in [0.3, 0.4) is 0 Å². The summed E-state index contributed by atoms with van der Waals surface area (Å²) in [4.78, 5) is 14.4. The smallest absolute Gasteiger partial charge is 0.225 e. The minimum Gasteiger partial charge on any atom is -0.397 e. The molecule has 1 amide bonds. The fourth-order valence-electron chi connectivity index (χ4n) is 3.39. The highest BCUT2D eigenvalue weighted by Gasteiger charge is 2.37. The van der Waals surface area contributed by atoms with Gasteiger partial charge in [0.25, 0.3) is 0 Å². The minimum atomic E-state index is 0.0366. The molecule has 1 saturated heterocycles. The molecule has 0 radical (unpaired) electrons. The second-order valence-electron chi connectivity index (χ2n) is 5.86. The number of anilines is 2. The first-order valence-electron chi connectivity index (χ1n) is 7.21. The van der Waals surface area contributed by atoms with Crippen LogP contribution < -0.4 is 11.1 Å². The van der Waals surface area contributed by atoms with Crippen molar-refractivity contribution in [2.45, 2.75) is 31.7 Å². The maximum Gasteiger partial charge on any atom is 0.225 e. The van der Waals surface area contributed by atoms with Crippen LogP contribution in [0.1, 0.15) is 25.7 Å². The molecular weight excluding hydrogens is 274 g/mol. The van der Waals surface area contributed by atoms with Crippen LogP contribution >= 0.6 is 11.6 Å². The summed E-state index contributed by atoms with van der Waals surface area (Å²) >= 11 is 5.86. The zero-order chi connectivity index (χ0) is 14.1. The maximum absolute atomic E-state index is 12.0. The van der Waals surface area contributed by atoms with Crippen LogP contribution in [0.15, 0.2) is 18.2 Å². The van der Waals surface area contributed by atoms with Gasteiger partial charge in [0.15, 0.2) is 0 Å². The minimum absolute atomic E-state index is 0.0366. The van der Waals surface area contributed by atoms with Crippen molar-refractivity contribution >= 4 is 28.9 Å². The third-order valence-electron chi connectivity index (χ3n) is 4.43. The van der Waals surface area contributed by atoms with E-state index in [2.05, 4.69) is 10.2 Å². The van der Waals surface area contributed by atoms with Gasteiger partial charge in [0.1, 0.15) is 0 Å². The van der Waals surface area contributed by atoms with Gasteiger partial charge in [-0.25, -0.2) is 0 Å². The van der Waals surface area contributed by atoms with Gasteiger partial charge in [0.2, 0.25) is 5.91 Å². The number of hydrogen-bond acceptors (Lipinski definition) is 3. The predicted octanol–water partition coefficient (Wildman–Crippen LogP) is 2.74. The summed E-state index contributed by atoms with van der Waals surface area (Å²) in [6.45, 7) is 2.03. The molecule has 2 bridgehead atoms. The van der Waals surface area contributed by atoms with Gasteiger partial charge >= 0.3 is 0 Å². The molecule has 108 valence electrons. The number of piperidine rings is 1. The molecule has 4 nitrogen and oxygen atoms in total. The topological polar surface area (TPSA) is 58.4 Å². The van der Waals surface area contributed by atoms with E-state index in [1.807, 2.05) is 0 Å². The first-order chi connectivity index (χ1) is 9.61. The number of carbonyl (C=O) groups is 1. The molecule has 1 aromatic carbocycles. The summed E-state index contributed by atoms with van der Waals surface area (Å²) in [6.07, 6.45) is 4.54. The van der Waals surface area contributed by atoms with E-state index in [0.29, 0.717) is 22.8 Å². The molecule has 1 aliphatic heterocycles. The van der Waals surface area contributed by atoms with Gasteiger partial charge in [-0.3, -0.25) is 9.69 Å². The maximum atomic E-state index is 12.0. The normalized spacial score (nSPS) is 25.1. The Morgan fingerprint density at radius 1 is 1.45 bits per heavy atom. The molecule has 20 heavy (non-hydrogen) atoms. The lowest BCUT2D eigenvalue weighted by Crippen LogP contribution is -2.34. The molecule has 1 aliphatic carbocycles. The summed E-state index contributed by atoms with van der Waals surface area (Å²) < 4.78 is 0. The van der Waals surface area contributed by atoms with Crippen LogP contribution in [0.5, 0.6) is 0 Å². The molecule has 3 N–H and O–H groups in total. The number of benzene rings is 1. The van der Waals surface area contributed by atoms with Crippen LogP contribution in [0.2, 0.25) is 5.02 Å². The van der Waals surface area contributed by atoms with Gasteiger partial charge in [-0.15, -0.1) is 0 Å². The highest BCUT2D eigenvalue weighted by Crippen LogP contribution is 2.37. The monoisotopic (exact) mass is 293 g/mol. The fraction of sp³-hybridized carbons (Fsp3) is 0.533. The predicted molar refractivity (Wildman–Crippen MR) is 81.8 cm³/mol. The Kier molecular flexibility index (Phi) is 3.85. The van der Waals surface area contributed by atoms with Gasteiger partial charge in [0.05, 0.1) is 10.7 Å². The molecule has 2 unspecified atom stereocenters. The second-order valence-corrected chi connectivity index (χ2v) is 6.27. The zero-order valence-electron chi connectivity index (χ0n) is 11.4. The van der Waals surface area contributed by atoms with Crippen molar-refractivity contribution < 1.29 is 4.79 Å². The van der Waals surface area contributed by atoms with Gasteiger partial charge < -0.3 is 11.1 Å². The number of rotatable bonds is 4. The summed E-state index contributed by atoms with van der Waals surface area (Å²) in [5.74, 6) is 0.911. The average Bonchev–Trinajstić information content (AvgIpc) is 3.03. The molecule has 1 aromatic rings. The summed E-state index contributed by atoms with van der Waals surface area (Å²) in [7, 11) is 0. The number of nitrogens with one attached hydrogen (secondary N) is 1. The second kappa shape index (κ2) is 5.62. The molecule has 2 aliphatic rings. The number of hydrogen-bond donors (Lipinski definition) is 2. The Balaban J connectivity index is 1.48. The van der Waals surface area contributed by atoms with Gasteiger partial charge in [0, 0.05) is 31.2 Å². The van der Waals surface area contributed by atoms with Crippen molar-refractivity contribution in [3.05, 3.63) is 23.2 Å². The van der Waals surface area contributed by atoms with Gasteiger partial charge in [-0.05, 0) is 43.4 Å². The number of halogens is 1. The molecule has 1 saturated carbocycles. The first-order valence-corrected chi connectivity index (χ1v) is 7.58. The summed E-state index contributed by atoms with van der Waals surface area (Å²) in [6, 6.07) is 5.89. The molecule has 2 atom stereocenters. The van der Waals surface area contributed by atoms with E-state index in [0.717, 1.165) is 18.5 Å². The lowest BCUT2D eigenvalue weighted by atomic mass is 10.1. The molecule has 0 aromatic heterocycles. The lowest BCUT2D eigenvalue weighted by molar-refractivity contribution is -0.116. The Hall–Kier alpha value is -1.26. The highest BCUT2D eigenvalue weighted by molar-refractivity contribution is 6.33. The lowest BCUT2D eigenvalue weighted by Gasteiger charge is -2.26. The molecule has 2 fully saturated rings. The first kappa shape index (κ1) is 13.7. The number of nitrogens with zero attached hydrogens (tertiary/aromatic N) is 1. The van der Waals surface area contributed by atoms with E-state index in [1.54, 1.807) is 18.2 Å². The van der Waals surface area contributed by atoms with Crippen molar-refractivity contribution in [2.75, 3.05) is 24.1 Å². The van der Waals surface area contributed by atoms with Crippen LogP contribution in [0.25, 0.3) is 0 Å². The zero-order valence-corrected chi connectivity index (χ0v) is 12.2. The van der Waals surface area contributed by atoms with Crippen LogP contribution in [0, 0.1) is 5.92 Å². The van der Waals surface area contributed by atoms with Crippen molar-refractivity contribution in [3.8, 4) is 0 Å². The quantitative estimate of drug-likeness (QED) is 0.839. The van der Waals surface area contributed by atoms with E-state index in [-0.39, 0.29) is 5.91 Å². The van der Waals surface area contributed by atoms with Crippen molar-refractivity contribution in [3.63, 3.8) is 0 Å². The molecule has 0 spiro atoms. The van der Waals surface area contributed by atoms with Gasteiger partial charge in [-0.1, -0.05) is 11.6 Å². The van der Waals surface area contributed by atoms with Crippen LogP contribution in [0.4, 0.5) is 11.4 Å². The molecule has 5 heteroatoms. The molecule has 1 heterocycles. The number of fused-ring (bicyclic) bond motifs is 2. The number of carbonyl (C=O) groups excluding carboxylic acids is 1. The van der Waals surface area contributed by atoms with Crippen molar-refractivity contribution in [1.29, 1.82) is 0 Å². The van der Waals surface area contributed by atoms with Gasteiger partial charge in [-0.2, -0.15) is 0 Å². The molecule has 3 rings (SSSR count). The van der Waals surface area contributed by atoms with E-state index in [9.17, 15) is 4.79 Å². The number of amides is 1. The van der Waals surface area contributed by atoms with Crippen LogP contribution in [-0.4, -0.2) is 29.9 Å². The average molecular weight is 294 g/mol. The van der Waals surface area contributed by atoms with E-state index >= 15 is 0 Å². The molecular formula is C15H20ClN3O. The third-order valence-corrected chi connectivity index (χ3v) is 4.77. The van der Waals surface area contributed by atoms with E-state index in [1.165, 1.54) is 25.8 Å². The van der Waals surface area contributed by atoms with E-state index in [4.69, 9.17) is 17.3 Å². The summed E-state index contributed by atoms with van der Waals surface area (Å²) in [5, 5.41) is 3.38. The summed E-state index contributed by atoms with van der Waals surface area (Å²) in [5.41, 5.74) is 6.91. The Morgan fingerprint density at radius 3 is 2.95 bits per heavy atom. The number of nitrogen functional groups attached to an aromatic ring is 1. The fourth-order valence-corrected chi connectivity index (χ4v) is 3.51. The van der Waals surface area contributed by atoms with Crippen molar-refractivity contribution in [1.82, 2.24) is 4.90 Å². The standard InChI is InChI=1S/C15H20ClN3O/c16-13-4-2-11(8-14(13)17)18-15(20)5-6-19-9-10-1-3-12(19)7-10/h2,4,8,10,12H,1,3,5-7,9,17H2,(H,18,20). The van der Waals surface area contributed by atoms with Crippen molar-refractivity contribution in [2.24, 2.45) is 5.92 Å². The largest absolute Gasteiger partial charge is 0.397 e. The SMILES string of the molecule is Nc1cc(NC(=O)CCN2CC3CCC2C3)ccc1Cl. The highest BCUT2D eigenvalue weighted by atomic mass is 35.5. The Labute approximate surface area is 124 Å². The number of likely N-dealkylation sites (tertiary alicyclic amines) is 1. The number of nitrogens with two attached hydrogens (primary N) is 1.